The van der Waals surface area contributed by atoms with Crippen LogP contribution in [0.2, 0.25) is 0 Å². The lowest BCUT2D eigenvalue weighted by atomic mass is 10.2. The third kappa shape index (κ3) is 1.55. The van der Waals surface area contributed by atoms with Crippen molar-refractivity contribution in [3.8, 4) is 12.0 Å². The van der Waals surface area contributed by atoms with Crippen LogP contribution in [0.15, 0.2) is 0 Å². The standard InChI is InChI=1S/C2H2BF/c3-1-2-4/h3H2. The van der Waals surface area contributed by atoms with Gasteiger partial charge in [0.1, 0.15) is 0 Å². The highest BCUT2D eigenvalue weighted by atomic mass is 19.1. The highest BCUT2D eigenvalue weighted by Gasteiger charge is 1.34. The van der Waals surface area contributed by atoms with Crippen molar-refractivity contribution in [3.63, 3.8) is 0 Å². The van der Waals surface area contributed by atoms with Crippen LogP contribution in [0.1, 0.15) is 0 Å². The first kappa shape index (κ1) is 3.55. The first-order valence-corrected chi connectivity index (χ1v) is 0.939. The fourth-order valence-corrected chi connectivity index (χ4v) is 0. The minimum Gasteiger partial charge on any atom is -0.145 e. The van der Waals surface area contributed by atoms with Crippen molar-refractivity contribution in [1.82, 2.24) is 0 Å². The van der Waals surface area contributed by atoms with Crippen LogP contribution in [0.25, 0.3) is 0 Å². The van der Waals surface area contributed by atoms with E-state index in [4.69, 9.17) is 0 Å². The molecule has 0 aromatic rings. The second-order valence-electron chi connectivity index (χ2n) is 0.344. The van der Waals surface area contributed by atoms with E-state index < -0.39 is 0 Å². The molecule has 0 amide bonds. The minimum atomic E-state index is 1.18. The molecule has 0 N–H and O–H groups in total. The van der Waals surface area contributed by atoms with Gasteiger partial charge in [-0.25, -0.2) is 0 Å². The summed E-state index contributed by atoms with van der Waals surface area (Å²) in [5, 5.41) is 0. The summed E-state index contributed by atoms with van der Waals surface area (Å²) in [7, 11) is 1.44. The van der Waals surface area contributed by atoms with E-state index in [0.29, 0.717) is 0 Å². The average Bonchev–Trinajstić information content (AvgIpc) is 1.37. The molecule has 0 saturated carbocycles. The number of rotatable bonds is 0. The molecule has 0 nitrogen and oxygen atoms in total. The Morgan fingerprint density at radius 2 is 2.00 bits per heavy atom. The van der Waals surface area contributed by atoms with Gasteiger partial charge in [-0.3, -0.25) is 0 Å². The topological polar surface area (TPSA) is 0 Å². The maximum absolute atomic E-state index is 10.4. The van der Waals surface area contributed by atoms with Crippen molar-refractivity contribution in [1.29, 1.82) is 0 Å². The summed E-state index contributed by atoms with van der Waals surface area (Å²) in [6.07, 6.45) is 1.18. The molecule has 0 unspecified atom stereocenters. The third-order valence-corrected chi connectivity index (χ3v) is 0.0945. The molecule has 0 aromatic carbocycles. The lowest BCUT2D eigenvalue weighted by molar-refractivity contribution is 0.775. The third-order valence-electron chi connectivity index (χ3n) is 0.0945. The van der Waals surface area contributed by atoms with E-state index in [0.717, 1.165) is 0 Å². The Balaban J connectivity index is 2.83. The van der Waals surface area contributed by atoms with Crippen LogP contribution in [-0.4, -0.2) is 7.85 Å². The maximum Gasteiger partial charge on any atom is 0.199 e. The molecule has 0 aromatic heterocycles. The summed E-state index contributed by atoms with van der Waals surface area (Å²) in [6, 6.07) is 0. The quantitative estimate of drug-likeness (QED) is 0.259. The van der Waals surface area contributed by atoms with E-state index in [1.54, 1.807) is 0 Å². The van der Waals surface area contributed by atoms with Gasteiger partial charge in [0.15, 0.2) is 7.85 Å². The predicted molar refractivity (Wildman–Crippen MR) is 17.4 cm³/mol. The lowest BCUT2D eigenvalue weighted by Gasteiger charge is -1.34. The SMILES string of the molecule is BC#CF. The van der Waals surface area contributed by atoms with Crippen LogP contribution in [0, 0.1) is 12.0 Å². The lowest BCUT2D eigenvalue weighted by Crippen LogP contribution is -1.39. The van der Waals surface area contributed by atoms with Gasteiger partial charge in [-0.05, 0) is 0 Å². The molecule has 0 aliphatic rings. The van der Waals surface area contributed by atoms with E-state index in [9.17, 15) is 4.39 Å². The Bertz CT molecular complexity index is 42.8. The first-order valence-electron chi connectivity index (χ1n) is 0.939. The van der Waals surface area contributed by atoms with Gasteiger partial charge >= 0.3 is 0 Å². The second kappa shape index (κ2) is 2.55. The molecule has 0 heterocycles. The fraction of sp³-hybridized carbons (Fsp3) is 0. The summed E-state index contributed by atoms with van der Waals surface area (Å²) < 4.78 is 10.4. The summed E-state index contributed by atoms with van der Waals surface area (Å²) >= 11 is 0. The summed E-state index contributed by atoms with van der Waals surface area (Å²) in [5.41, 5.74) is 0. The van der Waals surface area contributed by atoms with Gasteiger partial charge in [0.05, 0.1) is 6.17 Å². The molecule has 0 spiro atoms. The zero-order chi connectivity index (χ0) is 3.41. The van der Waals surface area contributed by atoms with Crippen LogP contribution >= 0.6 is 0 Å². The molecule has 0 rings (SSSR count). The minimum absolute atomic E-state index is 1.18. The van der Waals surface area contributed by atoms with Gasteiger partial charge in [0, 0.05) is 0 Å². The molecule has 0 bridgehead atoms. The van der Waals surface area contributed by atoms with Gasteiger partial charge in [-0.15, -0.1) is 10.2 Å². The van der Waals surface area contributed by atoms with Gasteiger partial charge < -0.3 is 0 Å². The van der Waals surface area contributed by atoms with E-state index in [-0.39, 0.29) is 0 Å². The molecule has 4 heavy (non-hydrogen) atoms. The Morgan fingerprint density at radius 3 is 2.00 bits per heavy atom. The smallest absolute Gasteiger partial charge is 0.145 e. The molecule has 0 fully saturated rings. The maximum atomic E-state index is 10.4. The van der Waals surface area contributed by atoms with E-state index in [2.05, 4.69) is 0 Å². The Morgan fingerprint density at radius 1 is 1.75 bits per heavy atom. The molecule has 2 heteroatoms. The fourth-order valence-electron chi connectivity index (χ4n) is 0. The predicted octanol–water partition coefficient (Wildman–Crippen LogP) is -0.493. The summed E-state index contributed by atoms with van der Waals surface area (Å²) in [4.78, 5) is 0. The average molecular weight is 55.8 g/mol. The zero-order valence-corrected chi connectivity index (χ0v) is 2.38. The van der Waals surface area contributed by atoms with E-state index >= 15 is 0 Å². The van der Waals surface area contributed by atoms with Crippen LogP contribution in [0.5, 0.6) is 0 Å². The zero-order valence-electron chi connectivity index (χ0n) is 2.38. The van der Waals surface area contributed by atoms with E-state index in [1.165, 1.54) is 14.0 Å². The molecule has 0 aliphatic heterocycles. The van der Waals surface area contributed by atoms with Crippen LogP contribution in [0.3, 0.4) is 0 Å². The number of hydrogen-bond donors (Lipinski definition) is 0. The van der Waals surface area contributed by atoms with Crippen molar-refractivity contribution in [2.45, 2.75) is 0 Å². The Labute approximate surface area is 25.4 Å². The largest absolute Gasteiger partial charge is 0.199 e. The van der Waals surface area contributed by atoms with Crippen molar-refractivity contribution in [2.75, 3.05) is 0 Å². The van der Waals surface area contributed by atoms with Gasteiger partial charge in [0.25, 0.3) is 0 Å². The first-order chi connectivity index (χ1) is 1.91. The Hall–Kier alpha value is -0.445. The molecule has 0 radical (unpaired) electrons. The molecule has 0 aliphatic carbocycles. The van der Waals surface area contributed by atoms with Crippen LogP contribution in [-0.2, 0) is 0 Å². The number of hydrogen-bond acceptors (Lipinski definition) is 0. The summed E-state index contributed by atoms with van der Waals surface area (Å²) in [6.45, 7) is 0. The van der Waals surface area contributed by atoms with E-state index in [1.807, 2.05) is 5.82 Å². The molecule has 0 atom stereocenters. The summed E-state index contributed by atoms with van der Waals surface area (Å²) in [5.74, 6) is 2.01. The van der Waals surface area contributed by atoms with Crippen LogP contribution < -0.4 is 0 Å². The second-order valence-corrected chi connectivity index (χ2v) is 0.344. The van der Waals surface area contributed by atoms with Gasteiger partial charge in [-0.2, -0.15) is 0 Å². The highest BCUT2D eigenvalue weighted by Crippen LogP contribution is 1.41. The molecule has 20 valence electrons. The van der Waals surface area contributed by atoms with Crippen molar-refractivity contribution in [3.05, 3.63) is 0 Å². The van der Waals surface area contributed by atoms with Gasteiger partial charge in [-0.1, -0.05) is 0 Å². The molecular formula is C2H2BF. The van der Waals surface area contributed by atoms with Crippen molar-refractivity contribution >= 4 is 7.85 Å². The van der Waals surface area contributed by atoms with Crippen LogP contribution in [0.4, 0.5) is 4.39 Å². The monoisotopic (exact) mass is 56.0 g/mol. The molecule has 0 saturated heterocycles. The van der Waals surface area contributed by atoms with Crippen molar-refractivity contribution < 1.29 is 4.39 Å². The Kier molecular flexibility index (Phi) is 2.27. The molecular weight excluding hydrogens is 53.8 g/mol. The normalized spacial score (nSPS) is 3.25. The van der Waals surface area contributed by atoms with Gasteiger partial charge in [0.2, 0.25) is 0 Å². The number of halogens is 1. The highest BCUT2D eigenvalue weighted by molar-refractivity contribution is 6.22. The van der Waals surface area contributed by atoms with Crippen molar-refractivity contribution in [2.24, 2.45) is 0 Å².